The van der Waals surface area contributed by atoms with Gasteiger partial charge in [-0.2, -0.15) is 8.75 Å². The van der Waals surface area contributed by atoms with E-state index in [0.29, 0.717) is 13.2 Å². The summed E-state index contributed by atoms with van der Waals surface area (Å²) in [5.74, 6) is 0.396. The molecule has 1 atom stereocenters. The largest absolute Gasteiger partial charge is 0.489 e. The quantitative estimate of drug-likeness (QED) is 0.296. The Kier molecular flexibility index (Phi) is 6.04. The summed E-state index contributed by atoms with van der Waals surface area (Å²) in [4.78, 5) is 15.8. The van der Waals surface area contributed by atoms with Crippen LogP contribution in [0.5, 0.6) is 5.75 Å². The molecule has 1 N–H and O–H groups in total. The summed E-state index contributed by atoms with van der Waals surface area (Å²) in [7, 11) is 0. The molecule has 166 valence electrons. The van der Waals surface area contributed by atoms with Crippen molar-refractivity contribution in [3.8, 4) is 5.75 Å². The molecule has 7 heteroatoms. The van der Waals surface area contributed by atoms with Crippen LogP contribution in [-0.2, 0) is 16.1 Å². The molecule has 0 amide bonds. The van der Waals surface area contributed by atoms with E-state index in [2.05, 4.69) is 13.7 Å². The molecule has 5 rings (SSSR count). The number of carbonyl (C=O) groups is 1. The second-order valence-corrected chi connectivity index (χ2v) is 8.33. The molecule has 0 aliphatic carbocycles. The topological polar surface area (TPSA) is 77.1 Å². The minimum atomic E-state index is -0.226. The number of benzene rings is 3. The Balaban J connectivity index is 1.46. The maximum Gasteiger partial charge on any atom is 0.306 e. The predicted octanol–water partition coefficient (Wildman–Crippen LogP) is 5.84. The van der Waals surface area contributed by atoms with E-state index in [1.54, 1.807) is 0 Å². The Hall–Kier alpha value is -3.71. The highest BCUT2D eigenvalue weighted by atomic mass is 32.1. The molecule has 1 unspecified atom stereocenters. The number of aromatic amines is 1. The van der Waals surface area contributed by atoms with Crippen molar-refractivity contribution >= 4 is 39.6 Å². The van der Waals surface area contributed by atoms with Gasteiger partial charge in [0.15, 0.2) is 0 Å². The lowest BCUT2D eigenvalue weighted by Crippen LogP contribution is -2.11. The third-order valence-corrected chi connectivity index (χ3v) is 6.22. The monoisotopic (exact) mass is 457 g/mol. The van der Waals surface area contributed by atoms with Gasteiger partial charge in [0.25, 0.3) is 0 Å². The normalized spacial score (nSPS) is 12.2. The van der Waals surface area contributed by atoms with Gasteiger partial charge in [0.05, 0.1) is 24.8 Å². The average molecular weight is 458 g/mol. The Morgan fingerprint density at radius 2 is 1.88 bits per heavy atom. The summed E-state index contributed by atoms with van der Waals surface area (Å²) in [6.45, 7) is 2.69. The number of nitrogens with one attached hydrogen (secondary N) is 1. The van der Waals surface area contributed by atoms with Gasteiger partial charge >= 0.3 is 5.97 Å². The fraction of sp³-hybridized carbons (Fsp3) is 0.192. The van der Waals surface area contributed by atoms with Crippen molar-refractivity contribution in [3.63, 3.8) is 0 Å². The summed E-state index contributed by atoms with van der Waals surface area (Å²) in [5.41, 5.74) is 5.82. The Bertz CT molecular complexity index is 1390. The maximum absolute atomic E-state index is 12.5. The number of hydrogen-bond acceptors (Lipinski definition) is 6. The van der Waals surface area contributed by atoms with Crippen LogP contribution in [0.15, 0.2) is 72.9 Å². The highest BCUT2D eigenvalue weighted by molar-refractivity contribution is 7.00. The van der Waals surface area contributed by atoms with Crippen molar-refractivity contribution < 1.29 is 14.3 Å². The average Bonchev–Trinajstić information content (AvgIpc) is 3.48. The van der Waals surface area contributed by atoms with E-state index < -0.39 is 0 Å². The van der Waals surface area contributed by atoms with Gasteiger partial charge in [0, 0.05) is 29.1 Å². The summed E-state index contributed by atoms with van der Waals surface area (Å²) < 4.78 is 19.9. The van der Waals surface area contributed by atoms with Crippen LogP contribution in [-0.4, -0.2) is 26.3 Å². The van der Waals surface area contributed by atoms with Crippen LogP contribution in [0.4, 0.5) is 0 Å². The third kappa shape index (κ3) is 4.59. The van der Waals surface area contributed by atoms with Crippen LogP contribution >= 0.6 is 11.7 Å². The zero-order valence-electron chi connectivity index (χ0n) is 18.2. The molecular formula is C26H23N3O3S. The van der Waals surface area contributed by atoms with E-state index in [1.807, 2.05) is 79.9 Å². The minimum absolute atomic E-state index is 0.167. The molecule has 6 nitrogen and oxygen atoms in total. The van der Waals surface area contributed by atoms with Crippen LogP contribution < -0.4 is 4.74 Å². The van der Waals surface area contributed by atoms with Gasteiger partial charge in [-0.3, -0.25) is 4.79 Å². The highest BCUT2D eigenvalue weighted by Crippen LogP contribution is 2.36. The highest BCUT2D eigenvalue weighted by Gasteiger charge is 2.23. The number of ether oxygens (including phenoxy) is 2. The summed E-state index contributed by atoms with van der Waals surface area (Å²) >= 11 is 1.19. The van der Waals surface area contributed by atoms with E-state index in [0.717, 1.165) is 44.4 Å². The molecule has 0 spiro atoms. The van der Waals surface area contributed by atoms with Crippen LogP contribution in [0.25, 0.3) is 21.9 Å². The number of esters is 1. The van der Waals surface area contributed by atoms with Crippen molar-refractivity contribution in [1.82, 2.24) is 13.7 Å². The SMILES string of the molecule is CCOC(=O)CC(c1ccc2nsnc2c1)c1c[nH]c2cc(OCc3ccccc3)ccc12. The second-order valence-electron chi connectivity index (χ2n) is 7.80. The molecule has 3 aromatic carbocycles. The van der Waals surface area contributed by atoms with Crippen LogP contribution in [0.1, 0.15) is 36.0 Å². The van der Waals surface area contributed by atoms with E-state index >= 15 is 0 Å². The van der Waals surface area contributed by atoms with Gasteiger partial charge in [-0.15, -0.1) is 0 Å². The van der Waals surface area contributed by atoms with Gasteiger partial charge in [-0.25, -0.2) is 0 Å². The van der Waals surface area contributed by atoms with Gasteiger partial charge < -0.3 is 14.5 Å². The molecule has 0 bridgehead atoms. The fourth-order valence-electron chi connectivity index (χ4n) is 4.06. The van der Waals surface area contributed by atoms with Gasteiger partial charge in [0.2, 0.25) is 0 Å². The van der Waals surface area contributed by atoms with Crippen molar-refractivity contribution in [2.75, 3.05) is 6.61 Å². The standard InChI is InChI=1S/C26H23N3O3S/c1-2-31-26(30)14-21(18-8-11-23-25(12-18)29-33-28-23)22-15-27-24-13-19(9-10-20(22)24)32-16-17-6-4-3-5-7-17/h3-13,15,21,27H,2,14,16H2,1H3. The second kappa shape index (κ2) is 9.42. The van der Waals surface area contributed by atoms with Gasteiger partial charge in [-0.1, -0.05) is 36.4 Å². The van der Waals surface area contributed by atoms with Crippen LogP contribution in [0.2, 0.25) is 0 Å². The van der Waals surface area contributed by atoms with E-state index in [-0.39, 0.29) is 18.3 Å². The van der Waals surface area contributed by atoms with E-state index in [1.165, 1.54) is 11.7 Å². The maximum atomic E-state index is 12.5. The fourth-order valence-corrected chi connectivity index (χ4v) is 4.57. The molecule has 0 fully saturated rings. The molecule has 0 saturated heterocycles. The van der Waals surface area contributed by atoms with Gasteiger partial charge in [0.1, 0.15) is 23.4 Å². The van der Waals surface area contributed by atoms with Gasteiger partial charge in [-0.05, 0) is 47.9 Å². The predicted molar refractivity (Wildman–Crippen MR) is 130 cm³/mol. The summed E-state index contributed by atoms with van der Waals surface area (Å²) in [6.07, 6.45) is 2.22. The Labute approximate surface area is 195 Å². The van der Waals surface area contributed by atoms with E-state index in [9.17, 15) is 4.79 Å². The Morgan fingerprint density at radius 3 is 2.73 bits per heavy atom. The molecule has 0 saturated carbocycles. The lowest BCUT2D eigenvalue weighted by Gasteiger charge is -2.17. The summed E-state index contributed by atoms with van der Waals surface area (Å²) in [5, 5.41) is 1.05. The number of nitrogens with zero attached hydrogens (tertiary/aromatic N) is 2. The zero-order chi connectivity index (χ0) is 22.6. The first-order valence-corrected chi connectivity index (χ1v) is 11.6. The molecule has 33 heavy (non-hydrogen) atoms. The molecular weight excluding hydrogens is 434 g/mol. The minimum Gasteiger partial charge on any atom is -0.489 e. The van der Waals surface area contributed by atoms with Crippen LogP contribution in [0.3, 0.4) is 0 Å². The summed E-state index contributed by atoms with van der Waals surface area (Å²) in [6, 6.07) is 22.1. The molecule has 2 heterocycles. The lowest BCUT2D eigenvalue weighted by atomic mass is 9.88. The molecule has 0 radical (unpaired) electrons. The van der Waals surface area contributed by atoms with Crippen molar-refractivity contribution in [3.05, 3.63) is 89.6 Å². The van der Waals surface area contributed by atoms with Crippen LogP contribution in [0, 0.1) is 0 Å². The van der Waals surface area contributed by atoms with Crippen molar-refractivity contribution in [2.24, 2.45) is 0 Å². The lowest BCUT2D eigenvalue weighted by molar-refractivity contribution is -0.143. The third-order valence-electron chi connectivity index (χ3n) is 5.67. The molecule has 0 aliphatic heterocycles. The van der Waals surface area contributed by atoms with E-state index in [4.69, 9.17) is 9.47 Å². The van der Waals surface area contributed by atoms with Crippen molar-refractivity contribution in [2.45, 2.75) is 25.9 Å². The first kappa shape index (κ1) is 21.2. The smallest absolute Gasteiger partial charge is 0.306 e. The number of hydrogen-bond donors (Lipinski definition) is 1. The number of H-pyrrole nitrogens is 1. The Morgan fingerprint density at radius 1 is 1.03 bits per heavy atom. The zero-order valence-corrected chi connectivity index (χ0v) is 19.0. The first-order valence-electron chi connectivity index (χ1n) is 10.9. The number of carbonyl (C=O) groups excluding carboxylic acids is 1. The molecule has 2 aromatic heterocycles. The molecule has 5 aromatic rings. The molecule has 0 aliphatic rings. The van der Waals surface area contributed by atoms with Crippen molar-refractivity contribution in [1.29, 1.82) is 0 Å². The number of aromatic nitrogens is 3. The first-order chi connectivity index (χ1) is 16.2. The number of rotatable bonds is 8. The number of fused-ring (bicyclic) bond motifs is 2.